The van der Waals surface area contributed by atoms with Crippen molar-refractivity contribution in [2.24, 2.45) is 0 Å². The van der Waals surface area contributed by atoms with E-state index < -0.39 is 11.7 Å². The van der Waals surface area contributed by atoms with Crippen molar-refractivity contribution < 1.29 is 22.8 Å². The molecule has 1 heterocycles. The van der Waals surface area contributed by atoms with Gasteiger partial charge in [0.25, 0.3) is 5.91 Å². The lowest BCUT2D eigenvalue weighted by atomic mass is 10.2. The minimum absolute atomic E-state index is 0.0194. The van der Waals surface area contributed by atoms with Gasteiger partial charge in [0.1, 0.15) is 0 Å². The molecule has 10 heteroatoms. The highest BCUT2D eigenvalue weighted by Crippen LogP contribution is 2.33. The minimum Gasteiger partial charge on any atom is -0.355 e. The molecule has 0 aliphatic carbocycles. The molecule has 0 unspecified atom stereocenters. The van der Waals surface area contributed by atoms with Crippen molar-refractivity contribution in [3.63, 3.8) is 0 Å². The first-order chi connectivity index (χ1) is 16.7. The molecule has 1 aromatic heterocycles. The van der Waals surface area contributed by atoms with Gasteiger partial charge in [-0.2, -0.15) is 13.2 Å². The summed E-state index contributed by atoms with van der Waals surface area (Å²) in [6, 6.07) is 19.4. The van der Waals surface area contributed by atoms with Gasteiger partial charge in [-0.25, -0.2) is 4.98 Å². The third kappa shape index (κ3) is 5.83. The number of thioether (sulfide) groups is 1. The minimum atomic E-state index is -4.48. The quantitative estimate of drug-likeness (QED) is 0.344. The van der Waals surface area contributed by atoms with E-state index in [-0.39, 0.29) is 23.1 Å². The molecule has 3 aromatic carbocycles. The van der Waals surface area contributed by atoms with E-state index in [4.69, 9.17) is 0 Å². The summed E-state index contributed by atoms with van der Waals surface area (Å²) in [5, 5.41) is 5.69. The molecule has 6 nitrogen and oxygen atoms in total. The number of anilines is 1. The lowest BCUT2D eigenvalue weighted by Gasteiger charge is -2.10. The van der Waals surface area contributed by atoms with Crippen molar-refractivity contribution in [1.82, 2.24) is 14.9 Å². The number of nitrogens with zero attached hydrogens (tertiary/aromatic N) is 2. The SMILES string of the molecule is CNC(=O)c1cccc(NC(=O)CSc2nc3cc(C(F)(F)F)ccc3n2Cc2ccccc2)c1. The Bertz CT molecular complexity index is 1370. The Morgan fingerprint density at radius 2 is 1.77 bits per heavy atom. The van der Waals surface area contributed by atoms with Gasteiger partial charge in [0.15, 0.2) is 5.16 Å². The number of carbonyl (C=O) groups excluding carboxylic acids is 2. The van der Waals surface area contributed by atoms with Crippen LogP contribution in [0.1, 0.15) is 21.5 Å². The van der Waals surface area contributed by atoms with Crippen molar-refractivity contribution in [3.05, 3.63) is 89.5 Å². The molecule has 0 aliphatic heterocycles. The molecule has 0 bridgehead atoms. The van der Waals surface area contributed by atoms with Gasteiger partial charge < -0.3 is 15.2 Å². The van der Waals surface area contributed by atoms with Crippen LogP contribution in [0.3, 0.4) is 0 Å². The average molecular weight is 499 g/mol. The molecule has 35 heavy (non-hydrogen) atoms. The largest absolute Gasteiger partial charge is 0.416 e. The van der Waals surface area contributed by atoms with Gasteiger partial charge in [0, 0.05) is 18.3 Å². The highest BCUT2D eigenvalue weighted by molar-refractivity contribution is 7.99. The van der Waals surface area contributed by atoms with Crippen LogP contribution in [-0.2, 0) is 17.5 Å². The van der Waals surface area contributed by atoms with Gasteiger partial charge in [-0.15, -0.1) is 0 Å². The molecule has 0 saturated carbocycles. The zero-order chi connectivity index (χ0) is 25.0. The zero-order valence-corrected chi connectivity index (χ0v) is 19.4. The second-order valence-corrected chi connectivity index (χ2v) is 8.61. The van der Waals surface area contributed by atoms with E-state index in [1.165, 1.54) is 13.1 Å². The summed E-state index contributed by atoms with van der Waals surface area (Å²) in [6.45, 7) is 0.390. The number of alkyl halides is 3. The number of imidazole rings is 1. The highest BCUT2D eigenvalue weighted by atomic mass is 32.2. The molecule has 0 aliphatic rings. The normalized spacial score (nSPS) is 11.4. The number of rotatable bonds is 7. The van der Waals surface area contributed by atoms with Crippen LogP contribution in [0.4, 0.5) is 18.9 Å². The van der Waals surface area contributed by atoms with Gasteiger partial charge in [0.05, 0.1) is 28.9 Å². The summed E-state index contributed by atoms with van der Waals surface area (Å²) in [5.74, 6) is -0.629. The number of aromatic nitrogens is 2. The smallest absolute Gasteiger partial charge is 0.355 e. The first kappa shape index (κ1) is 24.3. The van der Waals surface area contributed by atoms with Crippen molar-refractivity contribution >= 4 is 40.3 Å². The van der Waals surface area contributed by atoms with Crippen molar-refractivity contribution in [2.75, 3.05) is 18.1 Å². The van der Waals surface area contributed by atoms with E-state index >= 15 is 0 Å². The second kappa shape index (κ2) is 10.2. The fourth-order valence-electron chi connectivity index (χ4n) is 3.52. The molecule has 0 saturated heterocycles. The third-order valence-corrected chi connectivity index (χ3v) is 6.17. The van der Waals surface area contributed by atoms with Crippen LogP contribution in [0.25, 0.3) is 11.0 Å². The Balaban J connectivity index is 1.57. The number of hydrogen-bond donors (Lipinski definition) is 2. The van der Waals surface area contributed by atoms with Crippen LogP contribution >= 0.6 is 11.8 Å². The van der Waals surface area contributed by atoms with Crippen LogP contribution in [0, 0.1) is 0 Å². The van der Waals surface area contributed by atoms with E-state index in [9.17, 15) is 22.8 Å². The Morgan fingerprint density at radius 1 is 1.00 bits per heavy atom. The maximum atomic E-state index is 13.2. The summed E-state index contributed by atoms with van der Waals surface area (Å²) in [6.07, 6.45) is -4.48. The van der Waals surface area contributed by atoms with E-state index in [0.717, 1.165) is 29.5 Å². The van der Waals surface area contributed by atoms with Crippen LogP contribution in [-0.4, -0.2) is 34.2 Å². The summed E-state index contributed by atoms with van der Waals surface area (Å²) in [5.41, 5.74) is 1.79. The lowest BCUT2D eigenvalue weighted by Crippen LogP contribution is -2.19. The van der Waals surface area contributed by atoms with Crippen molar-refractivity contribution in [1.29, 1.82) is 0 Å². The number of fused-ring (bicyclic) bond motifs is 1. The Morgan fingerprint density at radius 3 is 2.49 bits per heavy atom. The number of nitrogens with one attached hydrogen (secondary N) is 2. The summed E-state index contributed by atoms with van der Waals surface area (Å²) < 4.78 is 41.4. The molecule has 0 fully saturated rings. The maximum absolute atomic E-state index is 13.2. The standard InChI is InChI=1S/C25H21F3N4O2S/c1-29-23(34)17-8-5-9-19(12-17)30-22(33)15-35-24-31-20-13-18(25(26,27)28)10-11-21(20)32(24)14-16-6-3-2-4-7-16/h2-13H,14-15H2,1H3,(H,29,34)(H,30,33). The predicted octanol–water partition coefficient (Wildman–Crippen LogP) is 5.19. The highest BCUT2D eigenvalue weighted by Gasteiger charge is 2.31. The number of amides is 2. The summed E-state index contributed by atoms with van der Waals surface area (Å²) in [7, 11) is 1.52. The van der Waals surface area contributed by atoms with Gasteiger partial charge in [-0.1, -0.05) is 48.2 Å². The van der Waals surface area contributed by atoms with E-state index in [2.05, 4.69) is 15.6 Å². The number of carbonyl (C=O) groups is 2. The Kier molecular flexibility index (Phi) is 7.11. The average Bonchev–Trinajstić information content (AvgIpc) is 3.19. The van der Waals surface area contributed by atoms with Gasteiger partial charge in [-0.3, -0.25) is 9.59 Å². The topological polar surface area (TPSA) is 76.0 Å². The van der Waals surface area contributed by atoms with Crippen LogP contribution in [0.15, 0.2) is 78.0 Å². The van der Waals surface area contributed by atoms with Gasteiger partial charge in [0.2, 0.25) is 5.91 Å². The summed E-state index contributed by atoms with van der Waals surface area (Å²) in [4.78, 5) is 28.8. The number of benzene rings is 3. The molecule has 0 atom stereocenters. The van der Waals surface area contributed by atoms with Crippen molar-refractivity contribution in [3.8, 4) is 0 Å². The maximum Gasteiger partial charge on any atom is 0.416 e. The van der Waals surface area contributed by atoms with Crippen LogP contribution in [0.2, 0.25) is 0 Å². The molecule has 2 amide bonds. The number of hydrogen-bond acceptors (Lipinski definition) is 4. The molecule has 2 N–H and O–H groups in total. The fraction of sp³-hybridized carbons (Fsp3) is 0.160. The second-order valence-electron chi connectivity index (χ2n) is 7.66. The first-order valence-electron chi connectivity index (χ1n) is 10.6. The van der Waals surface area contributed by atoms with E-state index in [1.54, 1.807) is 28.8 Å². The van der Waals surface area contributed by atoms with Crippen LogP contribution < -0.4 is 10.6 Å². The first-order valence-corrected chi connectivity index (χ1v) is 11.6. The van der Waals surface area contributed by atoms with Gasteiger partial charge in [-0.05, 0) is 42.0 Å². The molecule has 4 rings (SSSR count). The predicted molar refractivity (Wildman–Crippen MR) is 129 cm³/mol. The molecule has 0 spiro atoms. The Labute approximate surface area is 203 Å². The molecule has 0 radical (unpaired) electrons. The number of halogens is 3. The van der Waals surface area contributed by atoms with E-state index in [1.807, 2.05) is 30.3 Å². The monoisotopic (exact) mass is 498 g/mol. The van der Waals surface area contributed by atoms with Crippen LogP contribution in [0.5, 0.6) is 0 Å². The zero-order valence-electron chi connectivity index (χ0n) is 18.6. The third-order valence-electron chi connectivity index (χ3n) is 5.19. The molecule has 180 valence electrons. The summed E-state index contributed by atoms with van der Waals surface area (Å²) >= 11 is 1.13. The molecular formula is C25H21F3N4O2S. The molecular weight excluding hydrogens is 477 g/mol. The fourth-order valence-corrected chi connectivity index (χ4v) is 4.34. The Hall–Kier alpha value is -3.79. The lowest BCUT2D eigenvalue weighted by molar-refractivity contribution is -0.137. The molecule has 4 aromatic rings. The van der Waals surface area contributed by atoms with Gasteiger partial charge >= 0.3 is 6.18 Å². The van der Waals surface area contributed by atoms with Crippen molar-refractivity contribution in [2.45, 2.75) is 17.9 Å². The van der Waals surface area contributed by atoms with E-state index in [0.29, 0.717) is 28.5 Å².